The lowest BCUT2D eigenvalue weighted by Gasteiger charge is -2.35. The van der Waals surface area contributed by atoms with Crippen LogP contribution in [0.25, 0.3) is 0 Å². The van der Waals surface area contributed by atoms with Gasteiger partial charge in [-0.3, -0.25) is 0 Å². The zero-order chi connectivity index (χ0) is 30.6. The van der Waals surface area contributed by atoms with Crippen molar-refractivity contribution in [1.29, 1.82) is 0 Å². The minimum Gasteiger partial charge on any atom is -0.393 e. The number of aliphatic hydroxyl groups excluding tert-OH is 1. The Kier molecular flexibility index (Phi) is 13.1. The molecule has 1 heteroatoms. The third-order valence-electron chi connectivity index (χ3n) is 7.92. The van der Waals surface area contributed by atoms with Crippen molar-refractivity contribution in [3.05, 3.63) is 142 Å². The standard InChI is InChI=1S/C40H54O/c1-30(18-13-20-32(3)23-25-37-34(5)22-15-27-39(37,7)8)16-11-12-17-31(2)19-14-21-33(4)24-26-38-35(6)28-36(41)29-40(38,9)10/h11-26,36,41H,27-29H2,1-10H3. The summed E-state index contributed by atoms with van der Waals surface area (Å²) >= 11 is 0. The molecule has 0 saturated carbocycles. The van der Waals surface area contributed by atoms with E-state index in [1.54, 1.807) is 0 Å². The first-order valence-electron chi connectivity index (χ1n) is 15.1. The molecular formula is C40H54O. The Balaban J connectivity index is 1.90. The van der Waals surface area contributed by atoms with Gasteiger partial charge in [0.25, 0.3) is 0 Å². The van der Waals surface area contributed by atoms with Crippen molar-refractivity contribution in [2.45, 2.75) is 94.6 Å². The predicted molar refractivity (Wildman–Crippen MR) is 183 cm³/mol. The molecule has 220 valence electrons. The molecule has 0 aromatic heterocycles. The average molecular weight is 551 g/mol. The van der Waals surface area contributed by atoms with E-state index in [2.05, 4.69) is 166 Å². The van der Waals surface area contributed by atoms with Gasteiger partial charge in [-0.2, -0.15) is 0 Å². The number of rotatable bonds is 10. The van der Waals surface area contributed by atoms with Crippen LogP contribution in [0.15, 0.2) is 142 Å². The van der Waals surface area contributed by atoms with Gasteiger partial charge < -0.3 is 5.11 Å². The summed E-state index contributed by atoms with van der Waals surface area (Å²) in [7, 11) is 0. The first kappa shape index (κ1) is 34.0. The molecule has 0 amide bonds. The van der Waals surface area contributed by atoms with Crippen molar-refractivity contribution >= 4 is 0 Å². The van der Waals surface area contributed by atoms with Gasteiger partial charge in [-0.15, -0.1) is 0 Å². The predicted octanol–water partition coefficient (Wildman–Crippen LogP) is 11.4. The smallest absolute Gasteiger partial charge is 0.0585 e. The highest BCUT2D eigenvalue weighted by Crippen LogP contribution is 2.41. The van der Waals surface area contributed by atoms with Crippen molar-refractivity contribution in [2.75, 3.05) is 0 Å². The van der Waals surface area contributed by atoms with Crippen LogP contribution in [-0.2, 0) is 0 Å². The molecule has 0 saturated heterocycles. The van der Waals surface area contributed by atoms with Crippen molar-refractivity contribution in [3.63, 3.8) is 0 Å². The maximum Gasteiger partial charge on any atom is 0.0585 e. The largest absolute Gasteiger partial charge is 0.393 e. The highest BCUT2D eigenvalue weighted by molar-refractivity contribution is 5.42. The Morgan fingerprint density at radius 3 is 1.63 bits per heavy atom. The molecule has 0 bridgehead atoms. The normalized spacial score (nSPS) is 23.1. The summed E-state index contributed by atoms with van der Waals surface area (Å²) in [6.45, 7) is 21.9. The van der Waals surface area contributed by atoms with Gasteiger partial charge in [0.2, 0.25) is 0 Å². The van der Waals surface area contributed by atoms with Crippen molar-refractivity contribution in [3.8, 4) is 0 Å². The highest BCUT2D eigenvalue weighted by atomic mass is 16.3. The molecule has 1 nitrogen and oxygen atoms in total. The molecule has 0 heterocycles. The monoisotopic (exact) mass is 550 g/mol. The Morgan fingerprint density at radius 2 is 1.15 bits per heavy atom. The lowest BCUT2D eigenvalue weighted by molar-refractivity contribution is 0.116. The van der Waals surface area contributed by atoms with Crippen LogP contribution < -0.4 is 0 Å². The zero-order valence-electron chi connectivity index (χ0n) is 27.4. The topological polar surface area (TPSA) is 20.2 Å². The molecule has 2 aliphatic rings. The van der Waals surface area contributed by atoms with E-state index < -0.39 is 0 Å². The van der Waals surface area contributed by atoms with Crippen LogP contribution in [0.4, 0.5) is 0 Å². The van der Waals surface area contributed by atoms with E-state index in [0.717, 1.165) is 19.3 Å². The van der Waals surface area contributed by atoms with Crippen LogP contribution >= 0.6 is 0 Å². The molecule has 0 spiro atoms. The van der Waals surface area contributed by atoms with Crippen LogP contribution in [0.5, 0.6) is 0 Å². The fraction of sp³-hybridized carbons (Fsp3) is 0.400. The molecule has 1 N–H and O–H groups in total. The molecule has 0 fully saturated rings. The summed E-state index contributed by atoms with van der Waals surface area (Å²) < 4.78 is 0. The first-order chi connectivity index (χ1) is 19.2. The second kappa shape index (κ2) is 15.7. The molecule has 0 aliphatic heterocycles. The highest BCUT2D eigenvalue weighted by Gasteiger charge is 2.31. The lowest BCUT2D eigenvalue weighted by Crippen LogP contribution is -2.28. The van der Waals surface area contributed by atoms with Crippen LogP contribution in [-0.4, -0.2) is 11.2 Å². The van der Waals surface area contributed by atoms with Gasteiger partial charge in [-0.25, -0.2) is 0 Å². The van der Waals surface area contributed by atoms with E-state index in [1.165, 1.54) is 44.6 Å². The van der Waals surface area contributed by atoms with Gasteiger partial charge in [-0.1, -0.05) is 153 Å². The molecule has 1 atom stereocenters. The van der Waals surface area contributed by atoms with E-state index in [-0.39, 0.29) is 16.9 Å². The van der Waals surface area contributed by atoms with E-state index in [4.69, 9.17) is 0 Å². The number of hydrogen-bond donors (Lipinski definition) is 1. The van der Waals surface area contributed by atoms with E-state index >= 15 is 0 Å². The Morgan fingerprint density at radius 1 is 0.683 bits per heavy atom. The summed E-state index contributed by atoms with van der Waals surface area (Å²) in [4.78, 5) is 0. The third-order valence-corrected chi connectivity index (χ3v) is 7.92. The number of aliphatic hydroxyl groups is 1. The second-order valence-corrected chi connectivity index (χ2v) is 13.1. The number of hydrogen-bond acceptors (Lipinski definition) is 1. The summed E-state index contributed by atoms with van der Waals surface area (Å²) in [6, 6.07) is 0. The summed E-state index contributed by atoms with van der Waals surface area (Å²) in [5, 5.41) is 10.1. The molecule has 2 rings (SSSR count). The van der Waals surface area contributed by atoms with Crippen molar-refractivity contribution < 1.29 is 5.11 Å². The maximum absolute atomic E-state index is 10.1. The zero-order valence-corrected chi connectivity index (χ0v) is 27.4. The minimum absolute atomic E-state index is 0.0110. The molecule has 0 aromatic carbocycles. The summed E-state index contributed by atoms with van der Waals surface area (Å²) in [6.07, 6.45) is 37.1. The fourth-order valence-electron chi connectivity index (χ4n) is 5.57. The molecule has 0 aromatic rings. The second-order valence-electron chi connectivity index (χ2n) is 13.1. The maximum atomic E-state index is 10.1. The molecular weight excluding hydrogens is 496 g/mol. The molecule has 0 radical (unpaired) electrons. The molecule has 1 unspecified atom stereocenters. The van der Waals surface area contributed by atoms with Crippen LogP contribution in [0, 0.1) is 10.8 Å². The molecule has 2 aliphatic carbocycles. The number of allylic oxidation sites excluding steroid dienone is 23. The lowest BCUT2D eigenvalue weighted by atomic mass is 9.71. The van der Waals surface area contributed by atoms with Crippen LogP contribution in [0.2, 0.25) is 0 Å². The van der Waals surface area contributed by atoms with Gasteiger partial charge in [0.1, 0.15) is 0 Å². The van der Waals surface area contributed by atoms with Crippen molar-refractivity contribution in [1.82, 2.24) is 0 Å². The Bertz CT molecular complexity index is 1300. The third kappa shape index (κ3) is 11.7. The van der Waals surface area contributed by atoms with Gasteiger partial charge in [0.05, 0.1) is 6.10 Å². The summed E-state index contributed by atoms with van der Waals surface area (Å²) in [5.74, 6) is 0. The van der Waals surface area contributed by atoms with Gasteiger partial charge >= 0.3 is 0 Å². The van der Waals surface area contributed by atoms with E-state index in [9.17, 15) is 5.11 Å². The SMILES string of the molecule is CC(C=CC=C(C)C=CC1=C(C)C=CCC1(C)C)=CC=CC=C(C)C=CC=C(C)C=CC1=C(C)CC(O)CC1(C)C. The van der Waals surface area contributed by atoms with E-state index in [0.29, 0.717) is 0 Å². The molecule has 41 heavy (non-hydrogen) atoms. The van der Waals surface area contributed by atoms with Gasteiger partial charge in [0.15, 0.2) is 0 Å². The Labute approximate surface area is 251 Å². The fourth-order valence-corrected chi connectivity index (χ4v) is 5.57. The van der Waals surface area contributed by atoms with E-state index in [1.807, 2.05) is 0 Å². The van der Waals surface area contributed by atoms with Crippen LogP contribution in [0.1, 0.15) is 88.5 Å². The first-order valence-corrected chi connectivity index (χ1v) is 15.1. The van der Waals surface area contributed by atoms with Gasteiger partial charge in [0, 0.05) is 0 Å². The Hall–Kier alpha value is -3.16. The summed E-state index contributed by atoms with van der Waals surface area (Å²) in [5.41, 5.74) is 10.5. The van der Waals surface area contributed by atoms with Gasteiger partial charge in [-0.05, 0) is 88.4 Å². The quantitative estimate of drug-likeness (QED) is 0.268. The average Bonchev–Trinajstić information content (AvgIpc) is 2.84. The minimum atomic E-state index is -0.222. The van der Waals surface area contributed by atoms with Crippen LogP contribution in [0.3, 0.4) is 0 Å². The van der Waals surface area contributed by atoms with Crippen molar-refractivity contribution in [2.24, 2.45) is 10.8 Å².